The van der Waals surface area contributed by atoms with Crippen molar-refractivity contribution < 1.29 is 14.3 Å². The maximum absolute atomic E-state index is 13.5. The molecule has 1 aromatic carbocycles. The van der Waals surface area contributed by atoms with Crippen LogP contribution in [0.1, 0.15) is 55.7 Å². The molecule has 0 aliphatic rings. The van der Waals surface area contributed by atoms with Crippen LogP contribution in [0.15, 0.2) is 53.5 Å². The van der Waals surface area contributed by atoms with Crippen LogP contribution in [0.4, 0.5) is 0 Å². The summed E-state index contributed by atoms with van der Waals surface area (Å²) in [4.78, 5) is 38.2. The van der Waals surface area contributed by atoms with Gasteiger partial charge in [-0.25, -0.2) is 0 Å². The molecule has 34 heavy (non-hydrogen) atoms. The first kappa shape index (κ1) is 25.0. The molecule has 3 rings (SSSR count). The molecule has 0 spiro atoms. The molecule has 0 aliphatic carbocycles. The zero-order valence-corrected chi connectivity index (χ0v) is 20.3. The maximum atomic E-state index is 13.5. The van der Waals surface area contributed by atoms with E-state index in [0.717, 1.165) is 28.1 Å². The predicted octanol–water partition coefficient (Wildman–Crippen LogP) is 3.86. The average molecular weight is 465 g/mol. The van der Waals surface area contributed by atoms with Crippen LogP contribution in [0.3, 0.4) is 0 Å². The van der Waals surface area contributed by atoms with Gasteiger partial charge in [0.2, 0.25) is 5.91 Å². The van der Waals surface area contributed by atoms with Crippen molar-refractivity contribution in [3.8, 4) is 11.1 Å². The fraction of sp³-hybridized carbons (Fsp3) is 0.385. The van der Waals surface area contributed by atoms with Gasteiger partial charge < -0.3 is 14.6 Å². The Morgan fingerprint density at radius 1 is 1.15 bits per heavy atom. The van der Waals surface area contributed by atoms with Gasteiger partial charge in [0, 0.05) is 23.5 Å². The smallest absolute Gasteiger partial charge is 0.307 e. The number of aromatic amines is 1. The van der Waals surface area contributed by atoms with Crippen LogP contribution in [0.2, 0.25) is 0 Å². The Kier molecular flexibility index (Phi) is 8.04. The van der Waals surface area contributed by atoms with Crippen LogP contribution in [0.5, 0.6) is 0 Å². The van der Waals surface area contributed by atoms with Crippen molar-refractivity contribution in [3.63, 3.8) is 0 Å². The second-order valence-corrected chi connectivity index (χ2v) is 8.87. The van der Waals surface area contributed by atoms with Gasteiger partial charge in [-0.05, 0) is 49.4 Å². The molecule has 2 N–H and O–H groups in total. The van der Waals surface area contributed by atoms with Crippen LogP contribution in [0.25, 0.3) is 11.1 Å². The Hall–Kier alpha value is -3.68. The zero-order valence-electron chi connectivity index (χ0n) is 20.3. The number of amides is 1. The monoisotopic (exact) mass is 464 g/mol. The van der Waals surface area contributed by atoms with Gasteiger partial charge in [0.05, 0.1) is 25.3 Å². The van der Waals surface area contributed by atoms with Crippen molar-refractivity contribution in [2.24, 2.45) is 5.92 Å². The Morgan fingerprint density at radius 3 is 2.53 bits per heavy atom. The number of rotatable bonds is 9. The molecule has 0 saturated carbocycles. The molecule has 0 unspecified atom stereocenters. The number of pyridine rings is 1. The van der Waals surface area contributed by atoms with Gasteiger partial charge >= 0.3 is 5.97 Å². The predicted molar refractivity (Wildman–Crippen MR) is 130 cm³/mol. The lowest BCUT2D eigenvalue weighted by Crippen LogP contribution is -2.40. The lowest BCUT2D eigenvalue weighted by molar-refractivity contribution is -0.141. The van der Waals surface area contributed by atoms with E-state index >= 15 is 0 Å². The largest absolute Gasteiger partial charge is 0.469 e. The number of nitrogens with zero attached hydrogens (tertiary/aromatic N) is 2. The number of carbonyl (C=O) groups excluding carboxylic acids is 2. The lowest BCUT2D eigenvalue weighted by atomic mass is 9.96. The number of hydrogen-bond acceptors (Lipinski definition) is 5. The first-order chi connectivity index (χ1) is 16.2. The molecule has 2 heterocycles. The van der Waals surface area contributed by atoms with E-state index in [-0.39, 0.29) is 23.8 Å². The second kappa shape index (κ2) is 11.0. The van der Waals surface area contributed by atoms with Crippen molar-refractivity contribution in [2.45, 2.75) is 52.6 Å². The topological polar surface area (TPSA) is 106 Å². The molecule has 3 aromatic rings. The molecule has 8 nitrogen and oxygen atoms in total. The standard InChI is InChI=1S/C26H32N4O4/c1-16(2)13-22(30-12-7-6-11-23(30)31)26(33)27-21(15-24(32)34-5)19-9-8-10-20(14-19)25-17(3)28-29-18(25)4/h6-12,14,16,21-22H,13,15H2,1-5H3,(H,27,33)(H,28,29)/t21-,22-/m0/s1. The summed E-state index contributed by atoms with van der Waals surface area (Å²) in [6.45, 7) is 7.87. The number of hydrogen-bond donors (Lipinski definition) is 2. The van der Waals surface area contributed by atoms with Crippen molar-refractivity contribution in [1.82, 2.24) is 20.1 Å². The molecule has 0 bridgehead atoms. The summed E-state index contributed by atoms with van der Waals surface area (Å²) in [5.41, 5.74) is 4.23. The van der Waals surface area contributed by atoms with Gasteiger partial charge in [-0.15, -0.1) is 0 Å². The van der Waals surface area contributed by atoms with Crippen molar-refractivity contribution in [3.05, 3.63) is 76.0 Å². The van der Waals surface area contributed by atoms with E-state index < -0.39 is 18.1 Å². The average Bonchev–Trinajstić information content (AvgIpc) is 3.15. The number of H-pyrrole nitrogens is 1. The molecule has 0 fully saturated rings. The minimum atomic E-state index is -0.699. The van der Waals surface area contributed by atoms with E-state index in [4.69, 9.17) is 4.74 Å². The van der Waals surface area contributed by atoms with Gasteiger partial charge in [-0.3, -0.25) is 19.5 Å². The van der Waals surface area contributed by atoms with E-state index in [0.29, 0.717) is 6.42 Å². The highest BCUT2D eigenvalue weighted by molar-refractivity contribution is 5.82. The number of benzene rings is 1. The highest BCUT2D eigenvalue weighted by Gasteiger charge is 2.27. The summed E-state index contributed by atoms with van der Waals surface area (Å²) in [5, 5.41) is 10.3. The van der Waals surface area contributed by atoms with Crippen molar-refractivity contribution >= 4 is 11.9 Å². The first-order valence-corrected chi connectivity index (χ1v) is 11.4. The Labute approximate surface area is 199 Å². The van der Waals surface area contributed by atoms with Gasteiger partial charge in [0.1, 0.15) is 6.04 Å². The summed E-state index contributed by atoms with van der Waals surface area (Å²) in [7, 11) is 1.32. The minimum Gasteiger partial charge on any atom is -0.469 e. The number of methoxy groups -OCH3 is 1. The Bertz CT molecular complexity index is 1190. The summed E-state index contributed by atoms with van der Waals surface area (Å²) in [5.74, 6) is -0.585. The van der Waals surface area contributed by atoms with E-state index in [2.05, 4.69) is 15.5 Å². The van der Waals surface area contributed by atoms with E-state index in [1.165, 1.54) is 17.7 Å². The third kappa shape index (κ3) is 5.81. The molecule has 2 aromatic heterocycles. The molecule has 1 amide bonds. The quantitative estimate of drug-likeness (QED) is 0.468. The fourth-order valence-corrected chi connectivity index (χ4v) is 4.15. The molecule has 0 aliphatic heterocycles. The van der Waals surface area contributed by atoms with Gasteiger partial charge in [-0.2, -0.15) is 5.10 Å². The van der Waals surface area contributed by atoms with Gasteiger partial charge in [0.25, 0.3) is 5.56 Å². The highest BCUT2D eigenvalue weighted by Crippen LogP contribution is 2.29. The number of carbonyl (C=O) groups is 2. The molecule has 180 valence electrons. The van der Waals surface area contributed by atoms with E-state index in [9.17, 15) is 14.4 Å². The summed E-state index contributed by atoms with van der Waals surface area (Å²) in [6, 6.07) is 11.2. The van der Waals surface area contributed by atoms with Crippen LogP contribution in [-0.2, 0) is 14.3 Å². The Balaban J connectivity index is 1.97. The van der Waals surface area contributed by atoms with Crippen LogP contribution < -0.4 is 10.9 Å². The van der Waals surface area contributed by atoms with Crippen LogP contribution in [-0.4, -0.2) is 33.8 Å². The summed E-state index contributed by atoms with van der Waals surface area (Å²) >= 11 is 0. The zero-order chi connectivity index (χ0) is 24.8. The minimum absolute atomic E-state index is 0.0346. The molecule has 0 radical (unpaired) electrons. The molecular weight excluding hydrogens is 432 g/mol. The molecular formula is C26H32N4O4. The summed E-state index contributed by atoms with van der Waals surface area (Å²) < 4.78 is 6.34. The number of aromatic nitrogens is 3. The summed E-state index contributed by atoms with van der Waals surface area (Å²) in [6.07, 6.45) is 2.07. The fourth-order valence-electron chi connectivity index (χ4n) is 4.15. The molecule has 0 saturated heterocycles. The van der Waals surface area contributed by atoms with Crippen LogP contribution >= 0.6 is 0 Å². The number of esters is 1. The number of nitrogens with one attached hydrogen (secondary N) is 2. The van der Waals surface area contributed by atoms with Crippen molar-refractivity contribution in [1.29, 1.82) is 0 Å². The molecule has 2 atom stereocenters. The van der Waals surface area contributed by atoms with Gasteiger partial charge in [-0.1, -0.05) is 38.1 Å². The highest BCUT2D eigenvalue weighted by atomic mass is 16.5. The molecule has 8 heteroatoms. The number of aryl methyl sites for hydroxylation is 2. The normalized spacial score (nSPS) is 12.9. The van der Waals surface area contributed by atoms with Crippen molar-refractivity contribution in [2.75, 3.05) is 7.11 Å². The van der Waals surface area contributed by atoms with Crippen LogP contribution in [0, 0.1) is 19.8 Å². The van der Waals surface area contributed by atoms with E-state index in [1.54, 1.807) is 18.3 Å². The van der Waals surface area contributed by atoms with E-state index in [1.807, 2.05) is 52.0 Å². The SMILES string of the molecule is COC(=O)C[C@H](NC(=O)[C@H](CC(C)C)n1ccccc1=O)c1cccc(-c2c(C)n[nH]c2C)c1. The lowest BCUT2D eigenvalue weighted by Gasteiger charge is -2.25. The second-order valence-electron chi connectivity index (χ2n) is 8.87. The van der Waals surface area contributed by atoms with Gasteiger partial charge in [0.15, 0.2) is 0 Å². The first-order valence-electron chi connectivity index (χ1n) is 11.4. The maximum Gasteiger partial charge on any atom is 0.307 e. The third-order valence-electron chi connectivity index (χ3n) is 5.80. The Morgan fingerprint density at radius 2 is 1.91 bits per heavy atom. The third-order valence-corrected chi connectivity index (χ3v) is 5.80. The number of ether oxygens (including phenoxy) is 1.